The molecule has 0 radical (unpaired) electrons. The van der Waals surface area contributed by atoms with Crippen LogP contribution in [-0.2, 0) is 11.2 Å². The minimum Gasteiger partial charge on any atom is -0.281 e. The maximum atomic E-state index is 10.6. The number of halogens is 1. The van der Waals surface area contributed by atoms with E-state index >= 15 is 0 Å². The van der Waals surface area contributed by atoms with Crippen molar-refractivity contribution < 1.29 is 9.72 Å². The minimum absolute atomic E-state index is 0.0229. The molecule has 0 aliphatic carbocycles. The molecular weight excluding hydrogens is 206 g/mol. The molecule has 1 rings (SSSR count). The summed E-state index contributed by atoms with van der Waals surface area (Å²) in [6.07, 6.45) is 0.0229. The van der Waals surface area contributed by atoms with Crippen molar-refractivity contribution in [1.82, 2.24) is 0 Å². The second-order valence-electron chi connectivity index (χ2n) is 2.90. The van der Waals surface area contributed by atoms with E-state index in [2.05, 4.69) is 0 Å². The van der Waals surface area contributed by atoms with Gasteiger partial charge in [-0.3, -0.25) is 14.9 Å². The van der Waals surface area contributed by atoms with Crippen LogP contribution in [-0.4, -0.2) is 10.2 Å². The third-order valence-electron chi connectivity index (χ3n) is 1.87. The summed E-state index contributed by atoms with van der Waals surface area (Å²) in [6, 6.07) is 4.38. The Morgan fingerprint density at radius 2 is 2.21 bits per heavy atom. The van der Waals surface area contributed by atoms with Crippen LogP contribution in [0.2, 0.25) is 0 Å². The summed E-state index contributed by atoms with van der Waals surface area (Å²) in [5, 5.41) is 9.92. The number of carbonyl (C=O) groups excluding carboxylic acids is 1. The van der Waals surface area contributed by atoms with E-state index in [1.807, 2.05) is 0 Å². The van der Waals surface area contributed by atoms with Crippen LogP contribution in [0.3, 0.4) is 0 Å². The summed E-state index contributed by atoms with van der Waals surface area (Å²) in [5.74, 6) is 0. The van der Waals surface area contributed by atoms with Crippen LogP contribution in [0.25, 0.3) is 0 Å². The lowest BCUT2D eigenvalue weighted by Gasteiger charge is -2.01. The normalized spacial score (nSPS) is 9.86. The summed E-state index contributed by atoms with van der Waals surface area (Å²) in [6.45, 7) is 1.78. The van der Waals surface area contributed by atoms with Gasteiger partial charge in [-0.2, -0.15) is 0 Å². The number of nitro benzene ring substituents is 1. The molecule has 0 unspecified atom stereocenters. The number of rotatable bonds is 3. The minimum atomic E-state index is -0.520. The fourth-order valence-corrected chi connectivity index (χ4v) is 1.26. The number of benzene rings is 1. The molecule has 14 heavy (non-hydrogen) atoms. The van der Waals surface area contributed by atoms with Crippen LogP contribution in [0.5, 0.6) is 0 Å². The highest BCUT2D eigenvalue weighted by Crippen LogP contribution is 2.18. The predicted molar refractivity (Wildman–Crippen MR) is 52.4 cm³/mol. The number of hydrogen-bond donors (Lipinski definition) is 0. The van der Waals surface area contributed by atoms with Crippen LogP contribution in [0.4, 0.5) is 5.69 Å². The van der Waals surface area contributed by atoms with Gasteiger partial charge in [-0.15, -0.1) is 0 Å². The first-order chi connectivity index (χ1) is 6.50. The Bertz CT molecular complexity index is 390. The highest BCUT2D eigenvalue weighted by molar-refractivity contribution is 6.63. The Hall–Kier alpha value is -1.42. The molecule has 5 heteroatoms. The second kappa shape index (κ2) is 4.19. The Balaban J connectivity index is 3.08. The standard InChI is InChI=1S/C9H8ClNO3/c1-6-2-3-8(11(13)14)4-7(6)5-9(10)12/h2-4H,5H2,1H3. The van der Waals surface area contributed by atoms with Gasteiger partial charge < -0.3 is 0 Å². The average Bonchev–Trinajstić information content (AvgIpc) is 2.07. The summed E-state index contributed by atoms with van der Waals surface area (Å²) in [7, 11) is 0. The molecule has 0 amide bonds. The maximum absolute atomic E-state index is 10.6. The lowest BCUT2D eigenvalue weighted by Crippen LogP contribution is -1.98. The van der Waals surface area contributed by atoms with Crippen LogP contribution in [0.1, 0.15) is 11.1 Å². The van der Waals surface area contributed by atoms with Crippen LogP contribution in [0, 0.1) is 17.0 Å². The summed E-state index contributed by atoms with van der Waals surface area (Å²) < 4.78 is 0. The number of carbonyl (C=O) groups is 1. The van der Waals surface area contributed by atoms with Gasteiger partial charge in [0.25, 0.3) is 5.69 Å². The first-order valence-corrected chi connectivity index (χ1v) is 4.30. The van der Waals surface area contributed by atoms with E-state index < -0.39 is 10.2 Å². The molecule has 0 bridgehead atoms. The molecule has 0 heterocycles. The van der Waals surface area contributed by atoms with Gasteiger partial charge in [0.2, 0.25) is 5.24 Å². The molecule has 0 fully saturated rings. The molecule has 74 valence electrons. The Kier molecular flexibility index (Phi) is 3.19. The van der Waals surface area contributed by atoms with Gasteiger partial charge >= 0.3 is 0 Å². The quantitative estimate of drug-likeness (QED) is 0.439. The third-order valence-corrected chi connectivity index (χ3v) is 2.01. The number of nitrogens with zero attached hydrogens (tertiary/aromatic N) is 1. The highest BCUT2D eigenvalue weighted by atomic mass is 35.5. The molecule has 1 aromatic carbocycles. The number of hydrogen-bond acceptors (Lipinski definition) is 3. The Morgan fingerprint density at radius 3 is 2.71 bits per heavy atom. The molecule has 0 aromatic heterocycles. The molecule has 0 N–H and O–H groups in total. The van der Waals surface area contributed by atoms with E-state index in [1.54, 1.807) is 13.0 Å². The van der Waals surface area contributed by atoms with Crippen molar-refractivity contribution in [3.05, 3.63) is 39.4 Å². The van der Waals surface area contributed by atoms with E-state index in [4.69, 9.17) is 11.6 Å². The van der Waals surface area contributed by atoms with Crippen molar-refractivity contribution in [1.29, 1.82) is 0 Å². The van der Waals surface area contributed by atoms with E-state index in [-0.39, 0.29) is 12.1 Å². The number of non-ortho nitro benzene ring substituents is 1. The number of aryl methyl sites for hydroxylation is 1. The van der Waals surface area contributed by atoms with Gasteiger partial charge in [0.15, 0.2) is 0 Å². The van der Waals surface area contributed by atoms with Crippen molar-refractivity contribution in [2.45, 2.75) is 13.3 Å². The lowest BCUT2D eigenvalue weighted by molar-refractivity contribution is -0.384. The molecule has 0 saturated heterocycles. The van der Waals surface area contributed by atoms with Gasteiger partial charge in [-0.25, -0.2) is 0 Å². The van der Waals surface area contributed by atoms with Crippen molar-refractivity contribution >= 4 is 22.5 Å². The molecule has 0 aliphatic heterocycles. The highest BCUT2D eigenvalue weighted by Gasteiger charge is 2.10. The fraction of sp³-hybridized carbons (Fsp3) is 0.222. The van der Waals surface area contributed by atoms with Crippen molar-refractivity contribution in [2.24, 2.45) is 0 Å². The zero-order valence-corrected chi connectivity index (χ0v) is 8.25. The van der Waals surface area contributed by atoms with E-state index in [0.717, 1.165) is 5.56 Å². The summed E-state index contributed by atoms with van der Waals surface area (Å²) >= 11 is 5.21. The molecular formula is C9H8ClNO3. The zero-order chi connectivity index (χ0) is 10.7. The molecule has 0 saturated carbocycles. The van der Waals surface area contributed by atoms with E-state index in [9.17, 15) is 14.9 Å². The molecule has 4 nitrogen and oxygen atoms in total. The van der Waals surface area contributed by atoms with Crippen molar-refractivity contribution in [2.75, 3.05) is 0 Å². The molecule has 1 aromatic rings. The Labute approximate surface area is 85.6 Å². The lowest BCUT2D eigenvalue weighted by atomic mass is 10.1. The van der Waals surface area contributed by atoms with Crippen LogP contribution >= 0.6 is 11.6 Å². The number of nitro groups is 1. The fourth-order valence-electron chi connectivity index (χ4n) is 1.11. The van der Waals surface area contributed by atoms with Gasteiger partial charge in [0.1, 0.15) is 0 Å². The molecule has 0 atom stereocenters. The van der Waals surface area contributed by atoms with Gasteiger partial charge in [-0.1, -0.05) is 6.07 Å². The third kappa shape index (κ3) is 2.53. The van der Waals surface area contributed by atoms with Gasteiger partial charge in [0, 0.05) is 18.6 Å². The molecule has 0 aliphatic rings. The summed E-state index contributed by atoms with van der Waals surface area (Å²) in [4.78, 5) is 20.6. The first-order valence-electron chi connectivity index (χ1n) is 3.93. The van der Waals surface area contributed by atoms with Crippen molar-refractivity contribution in [3.8, 4) is 0 Å². The second-order valence-corrected chi connectivity index (χ2v) is 3.32. The molecule has 0 spiro atoms. The summed E-state index contributed by atoms with van der Waals surface area (Å²) in [5.41, 5.74) is 1.40. The zero-order valence-electron chi connectivity index (χ0n) is 7.49. The largest absolute Gasteiger partial charge is 0.281 e. The monoisotopic (exact) mass is 213 g/mol. The van der Waals surface area contributed by atoms with Gasteiger partial charge in [0.05, 0.1) is 4.92 Å². The first kappa shape index (κ1) is 10.7. The van der Waals surface area contributed by atoms with Crippen LogP contribution in [0.15, 0.2) is 18.2 Å². The Morgan fingerprint density at radius 1 is 1.57 bits per heavy atom. The van der Waals surface area contributed by atoms with Crippen molar-refractivity contribution in [3.63, 3.8) is 0 Å². The van der Waals surface area contributed by atoms with E-state index in [0.29, 0.717) is 5.56 Å². The SMILES string of the molecule is Cc1ccc([N+](=O)[O-])cc1CC(=O)Cl. The van der Waals surface area contributed by atoms with Gasteiger partial charge in [-0.05, 0) is 29.7 Å². The predicted octanol–water partition coefficient (Wildman–Crippen LogP) is 2.21. The smallest absolute Gasteiger partial charge is 0.269 e. The average molecular weight is 214 g/mol. The van der Waals surface area contributed by atoms with E-state index in [1.165, 1.54) is 12.1 Å². The maximum Gasteiger partial charge on any atom is 0.269 e. The van der Waals surface area contributed by atoms with Crippen LogP contribution < -0.4 is 0 Å². The topological polar surface area (TPSA) is 60.2 Å².